The summed E-state index contributed by atoms with van der Waals surface area (Å²) in [5.41, 5.74) is 6.31. The van der Waals surface area contributed by atoms with Gasteiger partial charge in [0.25, 0.3) is 5.91 Å². The normalized spacial score (nSPS) is 18.7. The molecule has 0 radical (unpaired) electrons. The lowest BCUT2D eigenvalue weighted by molar-refractivity contribution is 0.0628. The van der Waals surface area contributed by atoms with Crippen molar-refractivity contribution in [3.05, 3.63) is 17.5 Å². The van der Waals surface area contributed by atoms with E-state index in [1.54, 1.807) is 17.9 Å². The Hall–Kier alpha value is -1.43. The predicted molar refractivity (Wildman–Crippen MR) is 71.3 cm³/mol. The van der Waals surface area contributed by atoms with Crippen LogP contribution >= 0.6 is 12.2 Å². The van der Waals surface area contributed by atoms with Crippen LogP contribution in [0.4, 0.5) is 0 Å². The van der Waals surface area contributed by atoms with E-state index in [9.17, 15) is 4.79 Å². The molecule has 2 N–H and O–H groups in total. The highest BCUT2D eigenvalue weighted by Gasteiger charge is 2.35. The van der Waals surface area contributed by atoms with Crippen LogP contribution in [0.2, 0.25) is 0 Å². The molecule has 1 aliphatic rings. The fraction of sp³-hybridized carbons (Fsp3) is 0.583. The summed E-state index contributed by atoms with van der Waals surface area (Å²) in [7, 11) is 0. The number of likely N-dealkylation sites (tertiary alicyclic amines) is 1. The van der Waals surface area contributed by atoms with Crippen LogP contribution < -0.4 is 5.73 Å². The molecule has 1 amide bonds. The molecule has 2 heterocycles. The largest absolute Gasteiger partial charge is 0.393 e. The van der Waals surface area contributed by atoms with Crippen molar-refractivity contribution in [1.82, 2.24) is 10.1 Å². The second kappa shape index (κ2) is 4.68. The van der Waals surface area contributed by atoms with Crippen molar-refractivity contribution in [3.63, 3.8) is 0 Å². The average molecular weight is 267 g/mol. The Kier molecular flexibility index (Phi) is 3.38. The van der Waals surface area contributed by atoms with Crippen molar-refractivity contribution in [1.29, 1.82) is 0 Å². The Morgan fingerprint density at radius 3 is 2.61 bits per heavy atom. The van der Waals surface area contributed by atoms with Gasteiger partial charge in [0, 0.05) is 24.6 Å². The topological polar surface area (TPSA) is 72.4 Å². The molecule has 1 aliphatic heterocycles. The van der Waals surface area contributed by atoms with E-state index in [0.717, 1.165) is 12.8 Å². The minimum atomic E-state index is -0.135. The summed E-state index contributed by atoms with van der Waals surface area (Å²) in [6.45, 7) is 5.13. The molecule has 0 bridgehead atoms. The van der Waals surface area contributed by atoms with Crippen molar-refractivity contribution < 1.29 is 9.32 Å². The van der Waals surface area contributed by atoms with Crippen molar-refractivity contribution >= 4 is 23.1 Å². The molecule has 0 aliphatic carbocycles. The molecule has 1 aromatic heterocycles. The van der Waals surface area contributed by atoms with Crippen LogP contribution in [0.5, 0.6) is 0 Å². The maximum Gasteiger partial charge on any atom is 0.292 e. The fourth-order valence-corrected chi connectivity index (χ4v) is 2.27. The second-order valence-corrected chi connectivity index (χ2v) is 5.49. The second-order valence-electron chi connectivity index (χ2n) is 5.05. The zero-order valence-electron chi connectivity index (χ0n) is 10.6. The first-order chi connectivity index (χ1) is 8.42. The van der Waals surface area contributed by atoms with Crippen LogP contribution in [-0.2, 0) is 0 Å². The molecule has 5 nitrogen and oxygen atoms in total. The van der Waals surface area contributed by atoms with Gasteiger partial charge < -0.3 is 15.2 Å². The monoisotopic (exact) mass is 267 g/mol. The standard InChI is InChI=1S/C12H17N3O2S/c1-8-7-9(17-14-8)10(16)15-5-3-12(2,4-6-15)11(13)18/h7H,3-6H2,1-2H3,(H2,13,18). The van der Waals surface area contributed by atoms with Gasteiger partial charge in [0.2, 0.25) is 5.76 Å². The first-order valence-corrected chi connectivity index (χ1v) is 6.36. The predicted octanol–water partition coefficient (Wildman–Crippen LogP) is 1.51. The minimum absolute atomic E-state index is 0.111. The number of rotatable bonds is 2. The van der Waals surface area contributed by atoms with Crippen LogP contribution in [0.1, 0.15) is 36.0 Å². The van der Waals surface area contributed by atoms with Gasteiger partial charge in [0.15, 0.2) is 0 Å². The number of hydrogen-bond acceptors (Lipinski definition) is 4. The maximum atomic E-state index is 12.1. The third-order valence-electron chi connectivity index (χ3n) is 3.59. The number of hydrogen-bond donors (Lipinski definition) is 1. The average Bonchev–Trinajstić information content (AvgIpc) is 2.76. The highest BCUT2D eigenvalue weighted by Crippen LogP contribution is 2.31. The van der Waals surface area contributed by atoms with Crippen LogP contribution in [0, 0.1) is 12.3 Å². The summed E-state index contributed by atoms with van der Waals surface area (Å²) in [4.78, 5) is 14.4. The highest BCUT2D eigenvalue weighted by atomic mass is 32.1. The van der Waals surface area contributed by atoms with Gasteiger partial charge in [0.1, 0.15) is 0 Å². The Bertz CT molecular complexity index is 475. The van der Waals surface area contributed by atoms with E-state index >= 15 is 0 Å². The van der Waals surface area contributed by atoms with Gasteiger partial charge in [-0.15, -0.1) is 0 Å². The Morgan fingerprint density at radius 1 is 1.56 bits per heavy atom. The molecule has 0 unspecified atom stereocenters. The number of nitrogens with zero attached hydrogens (tertiary/aromatic N) is 2. The zero-order valence-corrected chi connectivity index (χ0v) is 11.4. The van der Waals surface area contributed by atoms with Crippen LogP contribution in [0.25, 0.3) is 0 Å². The third kappa shape index (κ3) is 2.38. The quantitative estimate of drug-likeness (QED) is 0.822. The molecule has 1 fully saturated rings. The van der Waals surface area contributed by atoms with E-state index in [4.69, 9.17) is 22.5 Å². The summed E-state index contributed by atoms with van der Waals surface area (Å²) < 4.78 is 4.99. The first kappa shape index (κ1) is 13.0. The highest BCUT2D eigenvalue weighted by molar-refractivity contribution is 7.80. The zero-order chi connectivity index (χ0) is 13.3. The fourth-order valence-electron chi connectivity index (χ4n) is 2.07. The molecule has 1 saturated heterocycles. The van der Waals surface area contributed by atoms with Crippen molar-refractivity contribution in [2.45, 2.75) is 26.7 Å². The number of carbonyl (C=O) groups is 1. The van der Waals surface area contributed by atoms with Crippen LogP contribution in [0.3, 0.4) is 0 Å². The van der Waals surface area contributed by atoms with Crippen LogP contribution in [0.15, 0.2) is 10.6 Å². The lowest BCUT2D eigenvalue weighted by Gasteiger charge is -2.38. The van der Waals surface area contributed by atoms with E-state index in [1.807, 2.05) is 0 Å². The number of carbonyl (C=O) groups excluding carboxylic acids is 1. The van der Waals surface area contributed by atoms with Gasteiger partial charge in [-0.3, -0.25) is 4.79 Å². The SMILES string of the molecule is Cc1cc(C(=O)N2CCC(C)(C(N)=S)CC2)on1. The summed E-state index contributed by atoms with van der Waals surface area (Å²) in [6.07, 6.45) is 1.59. The molecule has 1 aromatic rings. The van der Waals surface area contributed by atoms with Gasteiger partial charge in [0.05, 0.1) is 10.7 Å². The molecule has 6 heteroatoms. The third-order valence-corrected chi connectivity index (χ3v) is 4.08. The summed E-state index contributed by atoms with van der Waals surface area (Å²) in [5.74, 6) is 0.187. The van der Waals surface area contributed by atoms with Crippen molar-refractivity contribution in [2.24, 2.45) is 11.1 Å². The molecular formula is C12H17N3O2S. The van der Waals surface area contributed by atoms with E-state index in [0.29, 0.717) is 29.5 Å². The van der Waals surface area contributed by atoms with Gasteiger partial charge in [-0.25, -0.2) is 0 Å². The molecule has 2 rings (SSSR count). The van der Waals surface area contributed by atoms with Gasteiger partial charge in [-0.1, -0.05) is 24.3 Å². The Morgan fingerprint density at radius 2 is 2.17 bits per heavy atom. The molecular weight excluding hydrogens is 250 g/mol. The summed E-state index contributed by atoms with van der Waals surface area (Å²) >= 11 is 5.08. The minimum Gasteiger partial charge on any atom is -0.393 e. The molecule has 0 aromatic carbocycles. The van der Waals surface area contributed by atoms with Crippen molar-refractivity contribution in [2.75, 3.05) is 13.1 Å². The number of piperidine rings is 1. The van der Waals surface area contributed by atoms with Gasteiger partial charge in [-0.2, -0.15) is 0 Å². The molecule has 18 heavy (non-hydrogen) atoms. The lowest BCUT2D eigenvalue weighted by Crippen LogP contribution is -2.46. The van der Waals surface area contributed by atoms with Gasteiger partial charge >= 0.3 is 0 Å². The molecule has 0 atom stereocenters. The summed E-state index contributed by atoms with van der Waals surface area (Å²) in [6, 6.07) is 1.66. The van der Waals surface area contributed by atoms with E-state index in [-0.39, 0.29) is 11.3 Å². The van der Waals surface area contributed by atoms with Gasteiger partial charge in [-0.05, 0) is 19.8 Å². The van der Waals surface area contributed by atoms with E-state index in [2.05, 4.69) is 12.1 Å². The number of amides is 1. The summed E-state index contributed by atoms with van der Waals surface area (Å²) in [5, 5.41) is 3.73. The number of aromatic nitrogens is 1. The van der Waals surface area contributed by atoms with E-state index < -0.39 is 0 Å². The Balaban J connectivity index is 2.02. The van der Waals surface area contributed by atoms with Crippen LogP contribution in [-0.4, -0.2) is 34.0 Å². The first-order valence-electron chi connectivity index (χ1n) is 5.95. The number of aryl methyl sites for hydroxylation is 1. The number of nitrogens with two attached hydrogens (primary N) is 1. The molecule has 0 spiro atoms. The lowest BCUT2D eigenvalue weighted by atomic mass is 9.80. The molecule has 98 valence electrons. The smallest absolute Gasteiger partial charge is 0.292 e. The van der Waals surface area contributed by atoms with E-state index in [1.165, 1.54) is 0 Å². The number of thiocarbonyl (C=S) groups is 1. The van der Waals surface area contributed by atoms with Crippen molar-refractivity contribution in [3.8, 4) is 0 Å². The molecule has 0 saturated carbocycles. The maximum absolute atomic E-state index is 12.1. The Labute approximate surface area is 111 Å².